The lowest BCUT2D eigenvalue weighted by Gasteiger charge is -2.49. The summed E-state index contributed by atoms with van der Waals surface area (Å²) >= 11 is 0. The van der Waals surface area contributed by atoms with Crippen molar-refractivity contribution in [1.82, 2.24) is 0 Å². The molecule has 4 nitrogen and oxygen atoms in total. The maximum Gasteiger partial charge on any atom is 0.382 e. The van der Waals surface area contributed by atoms with Crippen LogP contribution in [0.3, 0.4) is 0 Å². The molecule has 2 unspecified atom stereocenters. The summed E-state index contributed by atoms with van der Waals surface area (Å²) in [4.78, 5) is 0. The van der Waals surface area contributed by atoms with E-state index in [1.54, 1.807) is 5.70 Å². The van der Waals surface area contributed by atoms with Gasteiger partial charge in [0.25, 0.3) is 0 Å². The van der Waals surface area contributed by atoms with Gasteiger partial charge in [-0.15, -0.1) is 26.3 Å². The Morgan fingerprint density at radius 1 is 0.457 bits per heavy atom. The Morgan fingerprint density at radius 2 is 0.743 bits per heavy atom. The van der Waals surface area contributed by atoms with E-state index in [1.807, 2.05) is 115 Å². The second-order valence-electron chi connectivity index (χ2n) is 8.34. The first kappa shape index (κ1) is 25.4. The fraction of sp³-hybridized carbons (Fsp3) is 0.0370. The Hall–Kier alpha value is -2.67. The van der Waals surface area contributed by atoms with Crippen molar-refractivity contribution in [2.24, 2.45) is 0 Å². The van der Waals surface area contributed by atoms with E-state index < -0.39 is 34.2 Å². The van der Waals surface area contributed by atoms with Crippen molar-refractivity contribution in [2.75, 3.05) is 0 Å². The highest BCUT2D eigenvalue weighted by atomic mass is 28.5. The smallest absolute Gasteiger partial charge is 0.382 e. The average Bonchev–Trinajstić information content (AvgIpc) is 2.92. The zero-order valence-corrected chi connectivity index (χ0v) is 23.9. The number of rotatable bonds is 7. The fourth-order valence-corrected chi connectivity index (χ4v) is 22.9. The highest BCUT2D eigenvalue weighted by molar-refractivity contribution is 7.08. The third kappa shape index (κ3) is 4.75. The lowest BCUT2D eigenvalue weighted by molar-refractivity contribution is 0.262. The Kier molecular flexibility index (Phi) is 7.36. The van der Waals surface area contributed by atoms with E-state index in [1.165, 1.54) is 0 Å². The molecule has 0 aromatic heterocycles. The van der Waals surface area contributed by atoms with Gasteiger partial charge in [-0.2, -0.15) is 0 Å². The Balaban J connectivity index is 2.02. The maximum absolute atomic E-state index is 7.20. The normalized spacial score (nSPS) is 30.9. The Bertz CT molecular complexity index is 1140. The van der Waals surface area contributed by atoms with Crippen LogP contribution >= 0.6 is 0 Å². The van der Waals surface area contributed by atoms with Gasteiger partial charge in [0.15, 0.2) is 0 Å². The molecular weight excluding hydrogens is 501 g/mol. The van der Waals surface area contributed by atoms with Crippen LogP contribution in [-0.2, 0) is 16.5 Å². The third-order valence-corrected chi connectivity index (χ3v) is 22.3. The molecule has 0 saturated carbocycles. The predicted molar refractivity (Wildman–Crippen MR) is 152 cm³/mol. The lowest BCUT2D eigenvalue weighted by atomic mass is 10.4. The molecule has 3 aromatic carbocycles. The summed E-state index contributed by atoms with van der Waals surface area (Å²) in [7, 11) is -13.1. The van der Waals surface area contributed by atoms with Gasteiger partial charge >= 0.3 is 34.2 Å². The van der Waals surface area contributed by atoms with Crippen LogP contribution in [0.1, 0.15) is 0 Å². The van der Waals surface area contributed by atoms with Crippen molar-refractivity contribution in [3.8, 4) is 0 Å². The number of hydrogen-bond acceptors (Lipinski definition) is 4. The molecule has 2 atom stereocenters. The van der Waals surface area contributed by atoms with Crippen molar-refractivity contribution in [1.29, 1.82) is 0 Å². The molecule has 3 aromatic rings. The van der Waals surface area contributed by atoms with Crippen molar-refractivity contribution >= 4 is 49.8 Å². The molecular formula is C27H30O4Si4. The molecule has 4 rings (SSSR count). The molecule has 1 aliphatic heterocycles. The second kappa shape index (κ2) is 10.1. The molecule has 0 aliphatic carbocycles. The van der Waals surface area contributed by atoms with E-state index in [-0.39, 0.29) is 0 Å². The quantitative estimate of drug-likeness (QED) is 0.431. The minimum absolute atomic E-state index is 0.912. The van der Waals surface area contributed by atoms with Gasteiger partial charge in [-0.25, -0.2) is 0 Å². The zero-order valence-electron chi connectivity index (χ0n) is 19.9. The molecule has 0 bridgehead atoms. The summed E-state index contributed by atoms with van der Waals surface area (Å²) in [6, 6.07) is 29.8. The van der Waals surface area contributed by atoms with Crippen LogP contribution < -0.4 is 15.6 Å². The van der Waals surface area contributed by atoms with E-state index in [9.17, 15) is 0 Å². The summed E-state index contributed by atoms with van der Waals surface area (Å²) in [5, 5.41) is 2.75. The first-order chi connectivity index (χ1) is 16.9. The van der Waals surface area contributed by atoms with Gasteiger partial charge < -0.3 is 16.5 Å². The van der Waals surface area contributed by atoms with Crippen LogP contribution in [0.4, 0.5) is 0 Å². The van der Waals surface area contributed by atoms with Crippen LogP contribution in [0.5, 0.6) is 0 Å². The molecule has 1 heterocycles. The minimum Gasteiger partial charge on any atom is -0.406 e. The van der Waals surface area contributed by atoms with Gasteiger partial charge in [0.2, 0.25) is 0 Å². The van der Waals surface area contributed by atoms with Gasteiger partial charge in [-0.05, 0) is 39.2 Å². The summed E-state index contributed by atoms with van der Waals surface area (Å²) in [6.07, 6.45) is 0. The van der Waals surface area contributed by atoms with Crippen LogP contribution in [0.15, 0.2) is 140 Å². The van der Waals surface area contributed by atoms with E-state index in [0.717, 1.165) is 15.6 Å². The monoisotopic (exact) mass is 530 g/mol. The first-order valence-electron chi connectivity index (χ1n) is 11.4. The summed E-state index contributed by atoms with van der Waals surface area (Å²) in [6.45, 7) is 18.6. The van der Waals surface area contributed by atoms with Crippen molar-refractivity contribution in [3.63, 3.8) is 0 Å². The SMILES string of the molecule is C=C[Si]1(C)O[Si](C=C)(c2ccccc2)O[Si](C=C)(c2ccccc2)O[Si](C=C)(c2ccccc2)O1. The van der Waals surface area contributed by atoms with Crippen LogP contribution in [-0.4, -0.2) is 34.2 Å². The standard InChI is InChI=1S/C27H30O4Si4/c1-6-32(5)28-33(7-2,25-19-13-10-14-20-25)30-35(9-4,27-23-17-12-18-24-27)31-34(8-3,29-32)26-21-15-11-16-22-26/h6-24H,1-4H2,5H3. The summed E-state index contributed by atoms with van der Waals surface area (Å²) in [5.41, 5.74) is 7.22. The van der Waals surface area contributed by atoms with E-state index in [0.29, 0.717) is 0 Å². The number of hydrogen-bond donors (Lipinski definition) is 0. The van der Waals surface area contributed by atoms with Gasteiger partial charge in [-0.1, -0.05) is 96.7 Å². The van der Waals surface area contributed by atoms with Crippen LogP contribution in [0.25, 0.3) is 0 Å². The molecule has 1 aliphatic rings. The van der Waals surface area contributed by atoms with Crippen molar-refractivity contribution in [3.05, 3.63) is 140 Å². The largest absolute Gasteiger partial charge is 0.406 e. The Labute approximate surface area is 212 Å². The van der Waals surface area contributed by atoms with Crippen LogP contribution in [0.2, 0.25) is 6.55 Å². The van der Waals surface area contributed by atoms with Crippen LogP contribution in [0, 0.1) is 0 Å². The topological polar surface area (TPSA) is 36.9 Å². The van der Waals surface area contributed by atoms with Gasteiger partial charge in [0, 0.05) is 0 Å². The molecule has 1 fully saturated rings. The molecule has 0 radical (unpaired) electrons. The van der Waals surface area contributed by atoms with E-state index >= 15 is 0 Å². The molecule has 35 heavy (non-hydrogen) atoms. The second-order valence-corrected chi connectivity index (χ2v) is 21.0. The molecule has 0 N–H and O–H groups in total. The van der Waals surface area contributed by atoms with Crippen molar-refractivity contribution in [2.45, 2.75) is 6.55 Å². The van der Waals surface area contributed by atoms with E-state index in [4.69, 9.17) is 16.5 Å². The average molecular weight is 531 g/mol. The van der Waals surface area contributed by atoms with E-state index in [2.05, 4.69) is 26.3 Å². The molecule has 0 spiro atoms. The lowest BCUT2D eigenvalue weighted by Crippen LogP contribution is -2.76. The summed E-state index contributed by atoms with van der Waals surface area (Å²) < 4.78 is 28.4. The highest BCUT2D eigenvalue weighted by Crippen LogP contribution is 2.33. The first-order valence-corrected chi connectivity index (χ1v) is 19.5. The third-order valence-electron chi connectivity index (χ3n) is 6.02. The Morgan fingerprint density at radius 3 is 1.00 bits per heavy atom. The summed E-state index contributed by atoms with van der Waals surface area (Å²) in [5.74, 6) is 0. The van der Waals surface area contributed by atoms with Crippen molar-refractivity contribution < 1.29 is 16.5 Å². The predicted octanol–water partition coefficient (Wildman–Crippen LogP) is 4.09. The minimum atomic E-state index is -3.39. The maximum atomic E-state index is 7.20. The molecule has 0 amide bonds. The zero-order chi connectivity index (χ0) is 25.0. The molecule has 8 heteroatoms. The molecule has 178 valence electrons. The fourth-order valence-electron chi connectivity index (χ4n) is 4.19. The van der Waals surface area contributed by atoms with Gasteiger partial charge in [0.05, 0.1) is 0 Å². The highest BCUT2D eigenvalue weighted by Gasteiger charge is 2.60. The number of benzene rings is 3. The van der Waals surface area contributed by atoms with Gasteiger partial charge in [-0.3, -0.25) is 0 Å². The van der Waals surface area contributed by atoms with Gasteiger partial charge in [0.1, 0.15) is 0 Å². The molecule has 1 saturated heterocycles.